The van der Waals surface area contributed by atoms with Gasteiger partial charge in [-0.25, -0.2) is 13.9 Å². The SMILES string of the molecule is CCC(C)NC(=O)c1ccc2c(=O)n(C(C)C)c3nn(CC(=O)Nc4ccc(C)cc4)c(=O)n3c2c1. The number of anilines is 1. The molecule has 4 aromatic rings. The van der Waals surface area contributed by atoms with Gasteiger partial charge in [0, 0.05) is 23.3 Å². The van der Waals surface area contributed by atoms with E-state index in [0.717, 1.165) is 16.7 Å². The van der Waals surface area contributed by atoms with Crippen LogP contribution in [0.25, 0.3) is 16.7 Å². The minimum absolute atomic E-state index is 0.0281. The highest BCUT2D eigenvalue weighted by Gasteiger charge is 2.21. The largest absolute Gasteiger partial charge is 0.352 e. The van der Waals surface area contributed by atoms with Crippen LogP contribution in [0.3, 0.4) is 0 Å². The first-order valence-corrected chi connectivity index (χ1v) is 12.0. The Morgan fingerprint density at radius 2 is 1.72 bits per heavy atom. The molecule has 36 heavy (non-hydrogen) atoms. The summed E-state index contributed by atoms with van der Waals surface area (Å²) in [5.41, 5.74) is 1.33. The summed E-state index contributed by atoms with van der Waals surface area (Å²) in [5.74, 6) is -0.624. The number of hydrogen-bond donors (Lipinski definition) is 2. The van der Waals surface area contributed by atoms with Crippen LogP contribution in [0.5, 0.6) is 0 Å². The number of nitrogens with zero attached hydrogens (tertiary/aromatic N) is 4. The average molecular weight is 491 g/mol. The van der Waals surface area contributed by atoms with Crippen LogP contribution in [-0.4, -0.2) is 36.6 Å². The number of hydrogen-bond acceptors (Lipinski definition) is 5. The molecule has 0 aliphatic rings. The summed E-state index contributed by atoms with van der Waals surface area (Å²) in [6.45, 7) is 9.10. The van der Waals surface area contributed by atoms with Crippen molar-refractivity contribution in [3.63, 3.8) is 0 Å². The van der Waals surface area contributed by atoms with Gasteiger partial charge in [0.2, 0.25) is 11.7 Å². The number of fused-ring (bicyclic) bond motifs is 3. The van der Waals surface area contributed by atoms with Gasteiger partial charge in [-0.05, 0) is 64.4 Å². The first kappa shape index (κ1) is 24.9. The second-order valence-electron chi connectivity index (χ2n) is 9.27. The van der Waals surface area contributed by atoms with Crippen LogP contribution in [0.1, 0.15) is 56.1 Å². The molecule has 0 radical (unpaired) electrons. The predicted octanol–water partition coefficient (Wildman–Crippen LogP) is 2.87. The molecular formula is C26H30N6O4. The highest BCUT2D eigenvalue weighted by atomic mass is 16.2. The zero-order chi connectivity index (χ0) is 26.1. The highest BCUT2D eigenvalue weighted by molar-refractivity contribution is 5.98. The van der Waals surface area contributed by atoms with Gasteiger partial charge in [0.25, 0.3) is 11.5 Å². The quantitative estimate of drug-likeness (QED) is 0.413. The van der Waals surface area contributed by atoms with Gasteiger partial charge in [0.1, 0.15) is 6.54 Å². The summed E-state index contributed by atoms with van der Waals surface area (Å²) in [6.07, 6.45) is 0.763. The van der Waals surface area contributed by atoms with E-state index in [1.54, 1.807) is 24.3 Å². The summed E-state index contributed by atoms with van der Waals surface area (Å²) < 4.78 is 3.73. The van der Waals surface area contributed by atoms with Gasteiger partial charge < -0.3 is 10.6 Å². The van der Waals surface area contributed by atoms with E-state index in [2.05, 4.69) is 15.7 Å². The molecule has 2 aromatic heterocycles. The number of benzene rings is 2. The second kappa shape index (κ2) is 9.80. The number of carbonyl (C=O) groups excluding carboxylic acids is 2. The predicted molar refractivity (Wildman–Crippen MR) is 139 cm³/mol. The Balaban J connectivity index is 1.83. The molecule has 10 nitrogen and oxygen atoms in total. The molecule has 0 saturated heterocycles. The lowest BCUT2D eigenvalue weighted by Gasteiger charge is -2.14. The van der Waals surface area contributed by atoms with Gasteiger partial charge in [-0.2, -0.15) is 0 Å². The summed E-state index contributed by atoms with van der Waals surface area (Å²) in [5, 5.41) is 10.3. The van der Waals surface area contributed by atoms with E-state index in [1.807, 2.05) is 46.8 Å². The fourth-order valence-corrected chi connectivity index (χ4v) is 3.97. The van der Waals surface area contributed by atoms with Crippen molar-refractivity contribution >= 4 is 34.2 Å². The van der Waals surface area contributed by atoms with E-state index in [-0.39, 0.29) is 46.8 Å². The lowest BCUT2D eigenvalue weighted by atomic mass is 10.1. The van der Waals surface area contributed by atoms with Crippen molar-refractivity contribution in [1.29, 1.82) is 0 Å². The fourth-order valence-electron chi connectivity index (χ4n) is 3.97. The molecule has 2 amide bonds. The van der Waals surface area contributed by atoms with Crippen molar-refractivity contribution in [3.8, 4) is 0 Å². The molecule has 188 valence electrons. The summed E-state index contributed by atoms with van der Waals surface area (Å²) >= 11 is 0. The Hall–Kier alpha value is -4.21. The molecule has 0 saturated carbocycles. The van der Waals surface area contributed by atoms with Gasteiger partial charge in [-0.1, -0.05) is 24.6 Å². The molecule has 4 rings (SSSR count). The van der Waals surface area contributed by atoms with Crippen molar-refractivity contribution in [2.45, 2.75) is 59.7 Å². The molecule has 2 heterocycles. The summed E-state index contributed by atoms with van der Waals surface area (Å²) in [7, 11) is 0. The first-order chi connectivity index (χ1) is 17.1. The van der Waals surface area contributed by atoms with E-state index in [1.165, 1.54) is 15.0 Å². The smallest absolute Gasteiger partial charge is 0.350 e. The zero-order valence-electron chi connectivity index (χ0n) is 21.0. The monoisotopic (exact) mass is 490 g/mol. The van der Waals surface area contributed by atoms with Gasteiger partial charge in [0.05, 0.1) is 10.9 Å². The van der Waals surface area contributed by atoms with Gasteiger partial charge >= 0.3 is 5.69 Å². The van der Waals surface area contributed by atoms with Crippen molar-refractivity contribution in [1.82, 2.24) is 24.1 Å². The Morgan fingerprint density at radius 3 is 2.36 bits per heavy atom. The van der Waals surface area contributed by atoms with Gasteiger partial charge in [-0.15, -0.1) is 5.10 Å². The van der Waals surface area contributed by atoms with Crippen LogP contribution in [0.4, 0.5) is 5.69 Å². The van der Waals surface area contributed by atoms with Crippen molar-refractivity contribution in [2.75, 3.05) is 5.32 Å². The van der Waals surface area contributed by atoms with Crippen LogP contribution in [-0.2, 0) is 11.3 Å². The maximum atomic E-state index is 13.4. The lowest BCUT2D eigenvalue weighted by molar-refractivity contribution is -0.117. The minimum atomic E-state index is -0.581. The number of carbonyl (C=O) groups is 2. The molecule has 2 N–H and O–H groups in total. The third-order valence-electron chi connectivity index (χ3n) is 6.12. The Labute approximate surface area is 207 Å². The molecule has 0 aliphatic heterocycles. The van der Waals surface area contributed by atoms with Crippen LogP contribution in [0.15, 0.2) is 52.1 Å². The molecule has 1 atom stereocenters. The minimum Gasteiger partial charge on any atom is -0.350 e. The topological polar surface area (TPSA) is 120 Å². The highest BCUT2D eigenvalue weighted by Crippen LogP contribution is 2.17. The van der Waals surface area contributed by atoms with Gasteiger partial charge in [0.15, 0.2) is 0 Å². The molecule has 2 aromatic carbocycles. The summed E-state index contributed by atoms with van der Waals surface area (Å²) in [6, 6.07) is 11.6. The van der Waals surface area contributed by atoms with E-state index >= 15 is 0 Å². The van der Waals surface area contributed by atoms with Crippen LogP contribution in [0.2, 0.25) is 0 Å². The third kappa shape index (κ3) is 4.66. The van der Waals surface area contributed by atoms with Crippen LogP contribution in [0, 0.1) is 6.92 Å². The maximum Gasteiger partial charge on any atom is 0.352 e. The van der Waals surface area contributed by atoms with Gasteiger partial charge in [-0.3, -0.25) is 19.0 Å². The molecule has 0 aliphatic carbocycles. The van der Waals surface area contributed by atoms with E-state index in [0.29, 0.717) is 11.3 Å². The van der Waals surface area contributed by atoms with Crippen LogP contribution < -0.4 is 21.9 Å². The molecule has 1 unspecified atom stereocenters. The van der Waals surface area contributed by atoms with E-state index < -0.39 is 11.6 Å². The first-order valence-electron chi connectivity index (χ1n) is 12.0. The zero-order valence-corrected chi connectivity index (χ0v) is 21.0. The molecular weight excluding hydrogens is 460 g/mol. The Bertz CT molecular complexity index is 1580. The number of amides is 2. The van der Waals surface area contributed by atoms with E-state index in [4.69, 9.17) is 0 Å². The lowest BCUT2D eigenvalue weighted by Crippen LogP contribution is -2.32. The Kier molecular flexibility index (Phi) is 6.78. The summed E-state index contributed by atoms with van der Waals surface area (Å²) in [4.78, 5) is 52.2. The Morgan fingerprint density at radius 1 is 1.03 bits per heavy atom. The third-order valence-corrected chi connectivity index (χ3v) is 6.12. The second-order valence-corrected chi connectivity index (χ2v) is 9.27. The van der Waals surface area contributed by atoms with Crippen molar-refractivity contribution < 1.29 is 9.59 Å². The molecule has 0 spiro atoms. The standard InChI is InChI=1S/C26H30N6O4/c1-6-17(5)27-23(34)18-9-12-20-21(13-18)32-25(31(15(2)3)24(20)35)29-30(26(32)36)14-22(33)28-19-10-7-16(4)8-11-19/h7-13,15,17H,6,14H2,1-5H3,(H,27,34)(H,28,33). The maximum absolute atomic E-state index is 13.4. The number of aromatic nitrogens is 4. The van der Waals surface area contributed by atoms with Crippen molar-refractivity contribution in [2.24, 2.45) is 0 Å². The number of aryl methyl sites for hydroxylation is 1. The number of nitrogens with one attached hydrogen (secondary N) is 2. The van der Waals surface area contributed by atoms with Crippen molar-refractivity contribution in [3.05, 3.63) is 74.4 Å². The normalized spacial score (nSPS) is 12.3. The molecule has 0 bridgehead atoms. The van der Waals surface area contributed by atoms with E-state index in [9.17, 15) is 19.2 Å². The fraction of sp³-hybridized carbons (Fsp3) is 0.346. The van der Waals surface area contributed by atoms with Crippen LogP contribution >= 0.6 is 0 Å². The molecule has 10 heteroatoms. The number of rotatable bonds is 7. The molecule has 0 fully saturated rings. The average Bonchev–Trinajstić information content (AvgIpc) is 3.15.